The van der Waals surface area contributed by atoms with Crippen molar-refractivity contribution in [1.29, 1.82) is 0 Å². The van der Waals surface area contributed by atoms with Crippen LogP contribution in [0, 0.1) is 27.2 Å². The van der Waals surface area contributed by atoms with Gasteiger partial charge in [-0.15, -0.1) is 0 Å². The highest BCUT2D eigenvalue weighted by atomic mass is 16.6. The van der Waals surface area contributed by atoms with Crippen LogP contribution in [0.5, 0.6) is 0 Å². The van der Waals surface area contributed by atoms with Crippen LogP contribution in [0.25, 0.3) is 0 Å². The van der Waals surface area contributed by atoms with Gasteiger partial charge in [-0.2, -0.15) is 0 Å². The Morgan fingerprint density at radius 1 is 0.806 bits per heavy atom. The van der Waals surface area contributed by atoms with E-state index in [4.69, 9.17) is 0 Å². The van der Waals surface area contributed by atoms with Gasteiger partial charge in [0.15, 0.2) is 0 Å². The summed E-state index contributed by atoms with van der Waals surface area (Å²) in [5.74, 6) is -1.08. The van der Waals surface area contributed by atoms with Gasteiger partial charge >= 0.3 is 0 Å². The molecule has 3 aromatic carbocycles. The lowest BCUT2D eigenvalue weighted by molar-refractivity contribution is -0.394. The highest BCUT2D eigenvalue weighted by molar-refractivity contribution is 6.08. The molecular weight excluding hydrogens is 404 g/mol. The first-order valence-corrected chi connectivity index (χ1v) is 8.97. The lowest BCUT2D eigenvalue weighted by Crippen LogP contribution is -2.15. The number of hydrogen-bond donors (Lipinski definition) is 2. The molecule has 31 heavy (non-hydrogen) atoms. The van der Waals surface area contributed by atoms with Crippen molar-refractivity contribution in [2.75, 3.05) is 10.6 Å². The maximum Gasteiger partial charge on any atom is 0.289 e. The maximum absolute atomic E-state index is 12.5. The molecule has 0 aliphatic heterocycles. The fourth-order valence-electron chi connectivity index (χ4n) is 2.84. The van der Waals surface area contributed by atoms with Crippen molar-refractivity contribution < 1.29 is 19.4 Å². The van der Waals surface area contributed by atoms with E-state index in [1.807, 2.05) is 0 Å². The van der Waals surface area contributed by atoms with Gasteiger partial charge in [-0.25, -0.2) is 0 Å². The second kappa shape index (κ2) is 8.82. The number of carbonyl (C=O) groups excluding carboxylic acids is 2. The first-order chi connectivity index (χ1) is 14.8. The number of benzene rings is 3. The van der Waals surface area contributed by atoms with Crippen LogP contribution in [0.3, 0.4) is 0 Å². The molecule has 0 bridgehead atoms. The lowest BCUT2D eigenvalue weighted by Gasteiger charge is -2.11. The summed E-state index contributed by atoms with van der Waals surface area (Å²) in [7, 11) is 0. The number of aryl methyl sites for hydroxylation is 1. The monoisotopic (exact) mass is 420 g/mol. The zero-order valence-electron chi connectivity index (χ0n) is 16.2. The predicted octanol–water partition coefficient (Wildman–Crippen LogP) is 4.32. The summed E-state index contributed by atoms with van der Waals surface area (Å²) in [4.78, 5) is 45.3. The van der Waals surface area contributed by atoms with Crippen molar-refractivity contribution in [2.24, 2.45) is 0 Å². The quantitative estimate of drug-likeness (QED) is 0.449. The molecule has 0 aliphatic carbocycles. The Labute approximate surface area is 175 Å². The van der Waals surface area contributed by atoms with Crippen LogP contribution < -0.4 is 10.6 Å². The van der Waals surface area contributed by atoms with E-state index in [0.29, 0.717) is 22.5 Å². The molecule has 0 heterocycles. The number of carbonyl (C=O) groups is 2. The first-order valence-electron chi connectivity index (χ1n) is 8.97. The summed E-state index contributed by atoms with van der Waals surface area (Å²) >= 11 is 0. The van der Waals surface area contributed by atoms with E-state index in [2.05, 4.69) is 10.6 Å². The number of amides is 2. The van der Waals surface area contributed by atoms with Crippen LogP contribution >= 0.6 is 0 Å². The lowest BCUT2D eigenvalue weighted by atomic mass is 10.1. The Hall–Kier alpha value is -4.60. The molecule has 0 aromatic heterocycles. The molecule has 3 aromatic rings. The number of nitrogens with one attached hydrogen (secondary N) is 2. The van der Waals surface area contributed by atoms with Crippen LogP contribution in [0.1, 0.15) is 26.3 Å². The molecule has 10 nitrogen and oxygen atoms in total. The topological polar surface area (TPSA) is 144 Å². The van der Waals surface area contributed by atoms with Crippen LogP contribution in [0.2, 0.25) is 0 Å². The van der Waals surface area contributed by atoms with Gasteiger partial charge in [-0.3, -0.25) is 29.8 Å². The first kappa shape index (κ1) is 21.1. The van der Waals surface area contributed by atoms with Crippen LogP contribution in [0.15, 0.2) is 66.7 Å². The summed E-state index contributed by atoms with van der Waals surface area (Å²) in [6, 6.07) is 16.2. The second-order valence-corrected chi connectivity index (χ2v) is 6.52. The molecule has 2 N–H and O–H groups in total. The number of non-ortho nitro benzene ring substituents is 1. The van der Waals surface area contributed by atoms with E-state index in [-0.39, 0.29) is 11.5 Å². The molecule has 0 fully saturated rings. The highest BCUT2D eigenvalue weighted by Gasteiger charge is 2.24. The van der Waals surface area contributed by atoms with Crippen molar-refractivity contribution in [1.82, 2.24) is 0 Å². The van der Waals surface area contributed by atoms with E-state index in [1.54, 1.807) is 49.4 Å². The summed E-state index contributed by atoms with van der Waals surface area (Å²) in [6.07, 6.45) is 0. The van der Waals surface area contributed by atoms with E-state index in [0.717, 1.165) is 18.2 Å². The predicted molar refractivity (Wildman–Crippen MR) is 113 cm³/mol. The van der Waals surface area contributed by atoms with Gasteiger partial charge in [0.25, 0.3) is 23.2 Å². The molecule has 0 radical (unpaired) electrons. The zero-order chi connectivity index (χ0) is 22.5. The van der Waals surface area contributed by atoms with Crippen LogP contribution in [-0.2, 0) is 0 Å². The van der Waals surface area contributed by atoms with Crippen molar-refractivity contribution in [3.8, 4) is 0 Å². The van der Waals surface area contributed by atoms with Crippen LogP contribution in [0.4, 0.5) is 22.7 Å². The van der Waals surface area contributed by atoms with Crippen molar-refractivity contribution >= 4 is 34.6 Å². The SMILES string of the molecule is Cc1cc(NC(=O)c2ccc([N+](=O)[O-])cc2[N+](=O)[O-])ccc1NC(=O)c1ccccc1. The minimum Gasteiger partial charge on any atom is -0.322 e. The highest BCUT2D eigenvalue weighted by Crippen LogP contribution is 2.26. The summed E-state index contributed by atoms with van der Waals surface area (Å²) in [6.45, 7) is 1.73. The third-order valence-electron chi connectivity index (χ3n) is 4.40. The Morgan fingerprint density at radius 3 is 2.13 bits per heavy atom. The Bertz CT molecular complexity index is 1190. The minimum atomic E-state index is -0.852. The number of nitro groups is 2. The Kier molecular flexibility index (Phi) is 6.01. The van der Waals surface area contributed by atoms with Gasteiger partial charge in [-0.1, -0.05) is 18.2 Å². The number of nitrogens with zero attached hydrogens (tertiary/aromatic N) is 2. The Balaban J connectivity index is 1.78. The third kappa shape index (κ3) is 4.88. The minimum absolute atomic E-state index is 0.290. The molecular formula is C21H16N4O6. The number of hydrogen-bond acceptors (Lipinski definition) is 6. The van der Waals surface area contributed by atoms with E-state index < -0.39 is 27.1 Å². The van der Waals surface area contributed by atoms with Crippen molar-refractivity contribution in [2.45, 2.75) is 6.92 Å². The molecule has 2 amide bonds. The standard InChI is InChI=1S/C21H16N4O6/c1-13-11-15(7-10-18(13)23-20(26)14-5-3-2-4-6-14)22-21(27)17-9-8-16(24(28)29)12-19(17)25(30)31/h2-12H,1H3,(H,22,27)(H,23,26). The largest absolute Gasteiger partial charge is 0.322 e. The molecule has 0 saturated heterocycles. The molecule has 0 atom stereocenters. The molecule has 0 aliphatic rings. The molecule has 3 rings (SSSR count). The molecule has 0 saturated carbocycles. The van der Waals surface area contributed by atoms with Gasteiger partial charge in [0.2, 0.25) is 0 Å². The smallest absolute Gasteiger partial charge is 0.289 e. The van der Waals surface area contributed by atoms with Gasteiger partial charge in [0.1, 0.15) is 5.56 Å². The third-order valence-corrected chi connectivity index (χ3v) is 4.40. The zero-order valence-corrected chi connectivity index (χ0v) is 16.2. The summed E-state index contributed by atoms with van der Waals surface area (Å²) in [5.41, 5.74) is 0.550. The fraction of sp³-hybridized carbons (Fsp3) is 0.0476. The number of nitro benzene ring substituents is 2. The summed E-state index contributed by atoms with van der Waals surface area (Å²) < 4.78 is 0. The van der Waals surface area contributed by atoms with Crippen molar-refractivity contribution in [3.63, 3.8) is 0 Å². The average molecular weight is 420 g/mol. The van der Waals surface area contributed by atoms with Gasteiger partial charge < -0.3 is 10.6 Å². The molecule has 0 unspecified atom stereocenters. The van der Waals surface area contributed by atoms with Crippen LogP contribution in [-0.4, -0.2) is 21.7 Å². The van der Waals surface area contributed by atoms with Crippen molar-refractivity contribution in [3.05, 3.63) is 104 Å². The normalized spacial score (nSPS) is 10.2. The second-order valence-electron chi connectivity index (χ2n) is 6.52. The number of rotatable bonds is 6. The average Bonchev–Trinajstić information content (AvgIpc) is 2.75. The maximum atomic E-state index is 12.5. The van der Waals surface area contributed by atoms with E-state index >= 15 is 0 Å². The fourth-order valence-corrected chi connectivity index (χ4v) is 2.84. The van der Waals surface area contributed by atoms with Gasteiger partial charge in [0.05, 0.1) is 15.9 Å². The van der Waals surface area contributed by atoms with E-state index in [1.165, 1.54) is 6.07 Å². The molecule has 0 spiro atoms. The van der Waals surface area contributed by atoms with Gasteiger partial charge in [-0.05, 0) is 48.9 Å². The molecule has 10 heteroatoms. The van der Waals surface area contributed by atoms with Gasteiger partial charge in [0, 0.05) is 23.0 Å². The molecule has 156 valence electrons. The summed E-state index contributed by atoms with van der Waals surface area (Å²) in [5, 5.41) is 27.4. The Morgan fingerprint density at radius 2 is 1.52 bits per heavy atom. The van der Waals surface area contributed by atoms with E-state index in [9.17, 15) is 29.8 Å². The number of anilines is 2.